The summed E-state index contributed by atoms with van der Waals surface area (Å²) >= 11 is 6.01. The molecule has 2 heterocycles. The van der Waals surface area contributed by atoms with Crippen molar-refractivity contribution >= 4 is 34.9 Å². The van der Waals surface area contributed by atoms with Gasteiger partial charge in [-0.2, -0.15) is 9.97 Å². The average molecular weight is 355 g/mol. The first-order valence-electron chi connectivity index (χ1n) is 7.56. The Bertz CT molecular complexity index is 916. The first kappa shape index (κ1) is 16.9. The van der Waals surface area contributed by atoms with Crippen LogP contribution in [0.5, 0.6) is 5.88 Å². The molecule has 1 aromatic carbocycles. The Morgan fingerprint density at radius 1 is 1.20 bits per heavy atom. The Hall–Kier alpha value is -2.99. The molecule has 6 nitrogen and oxygen atoms in total. The van der Waals surface area contributed by atoms with E-state index in [1.54, 1.807) is 12.1 Å². The van der Waals surface area contributed by atoms with E-state index in [1.807, 2.05) is 30.3 Å². The third kappa shape index (κ3) is 3.92. The van der Waals surface area contributed by atoms with Crippen molar-refractivity contribution in [3.8, 4) is 5.88 Å². The number of carbonyl (C=O) groups is 1. The summed E-state index contributed by atoms with van der Waals surface area (Å²) in [5.41, 5.74) is 1.60. The molecule has 0 aliphatic carbocycles. The minimum Gasteiger partial charge on any atom is -0.472 e. The molecule has 0 saturated carbocycles. The number of halogens is 1. The van der Waals surface area contributed by atoms with Gasteiger partial charge in [0, 0.05) is 6.54 Å². The third-order valence-corrected chi connectivity index (χ3v) is 3.69. The number of fused-ring (bicyclic) bond motifs is 1. The van der Waals surface area contributed by atoms with Gasteiger partial charge in [-0.05, 0) is 11.6 Å². The van der Waals surface area contributed by atoms with Crippen LogP contribution < -0.4 is 10.1 Å². The molecule has 0 fully saturated rings. The Morgan fingerprint density at radius 2 is 2.00 bits per heavy atom. The van der Waals surface area contributed by atoms with Crippen molar-refractivity contribution in [3.63, 3.8) is 0 Å². The summed E-state index contributed by atoms with van der Waals surface area (Å²) in [5.74, 6) is 0.672. The lowest BCUT2D eigenvalue weighted by atomic mass is 10.2. The van der Waals surface area contributed by atoms with E-state index in [0.29, 0.717) is 42.3 Å². The SMILES string of the molecule is C=CCNc1nc(OCc2ccccc2)c2cc(C=O)c(Cl)nc2n1. The molecule has 3 aromatic rings. The van der Waals surface area contributed by atoms with Crippen molar-refractivity contribution in [1.82, 2.24) is 15.0 Å². The van der Waals surface area contributed by atoms with Gasteiger partial charge >= 0.3 is 0 Å². The number of pyridine rings is 1. The highest BCUT2D eigenvalue weighted by Crippen LogP contribution is 2.27. The molecule has 0 aliphatic rings. The zero-order valence-electron chi connectivity index (χ0n) is 13.3. The van der Waals surface area contributed by atoms with E-state index in [0.717, 1.165) is 5.56 Å². The number of hydrogen-bond acceptors (Lipinski definition) is 6. The molecule has 0 radical (unpaired) electrons. The quantitative estimate of drug-likeness (QED) is 0.396. The summed E-state index contributed by atoms with van der Waals surface area (Å²) < 4.78 is 5.85. The number of anilines is 1. The molecule has 0 saturated heterocycles. The zero-order valence-corrected chi connectivity index (χ0v) is 14.0. The Morgan fingerprint density at radius 3 is 2.72 bits per heavy atom. The number of rotatable bonds is 7. The van der Waals surface area contributed by atoms with Gasteiger partial charge in [-0.15, -0.1) is 6.58 Å². The lowest BCUT2D eigenvalue weighted by molar-refractivity contribution is 0.112. The highest BCUT2D eigenvalue weighted by molar-refractivity contribution is 6.32. The fraction of sp³-hybridized carbons (Fsp3) is 0.111. The van der Waals surface area contributed by atoms with E-state index in [4.69, 9.17) is 16.3 Å². The number of carbonyl (C=O) groups excluding carboxylic acids is 1. The molecule has 0 unspecified atom stereocenters. The monoisotopic (exact) mass is 354 g/mol. The largest absolute Gasteiger partial charge is 0.472 e. The number of aromatic nitrogens is 3. The zero-order chi connectivity index (χ0) is 17.6. The molecule has 0 spiro atoms. The molecule has 25 heavy (non-hydrogen) atoms. The summed E-state index contributed by atoms with van der Waals surface area (Å²) in [6, 6.07) is 11.3. The van der Waals surface area contributed by atoms with Gasteiger partial charge in [-0.3, -0.25) is 4.79 Å². The van der Waals surface area contributed by atoms with Crippen molar-refractivity contribution in [2.45, 2.75) is 6.61 Å². The van der Waals surface area contributed by atoms with Gasteiger partial charge < -0.3 is 10.1 Å². The second kappa shape index (κ2) is 7.72. The van der Waals surface area contributed by atoms with E-state index in [2.05, 4.69) is 26.8 Å². The fourth-order valence-electron chi connectivity index (χ4n) is 2.18. The maximum Gasteiger partial charge on any atom is 0.228 e. The lowest BCUT2D eigenvalue weighted by Gasteiger charge is -2.11. The molecular formula is C18H15ClN4O2. The normalized spacial score (nSPS) is 10.4. The van der Waals surface area contributed by atoms with Crippen molar-refractivity contribution in [2.75, 3.05) is 11.9 Å². The van der Waals surface area contributed by atoms with Crippen LogP contribution in [0.1, 0.15) is 15.9 Å². The first-order valence-corrected chi connectivity index (χ1v) is 7.94. The molecule has 126 valence electrons. The Kier molecular flexibility index (Phi) is 5.20. The topological polar surface area (TPSA) is 77.0 Å². The second-order valence-electron chi connectivity index (χ2n) is 5.15. The van der Waals surface area contributed by atoms with Crippen LogP contribution in [0.25, 0.3) is 11.0 Å². The minimum absolute atomic E-state index is 0.0879. The summed E-state index contributed by atoms with van der Waals surface area (Å²) in [7, 11) is 0. The van der Waals surface area contributed by atoms with E-state index < -0.39 is 0 Å². The Labute approximate surface area is 149 Å². The Balaban J connectivity index is 2.02. The van der Waals surface area contributed by atoms with E-state index in [1.165, 1.54) is 0 Å². The third-order valence-electron chi connectivity index (χ3n) is 3.38. The fourth-order valence-corrected chi connectivity index (χ4v) is 2.36. The summed E-state index contributed by atoms with van der Waals surface area (Å²) in [5, 5.41) is 3.61. The molecule has 1 N–H and O–H groups in total. The van der Waals surface area contributed by atoms with Gasteiger partial charge in [0.15, 0.2) is 11.9 Å². The molecule has 0 aliphatic heterocycles. The molecule has 0 amide bonds. The first-order chi connectivity index (χ1) is 12.2. The van der Waals surface area contributed by atoms with Crippen LogP contribution in [0.3, 0.4) is 0 Å². The highest BCUT2D eigenvalue weighted by atomic mass is 35.5. The summed E-state index contributed by atoms with van der Waals surface area (Å²) in [6.07, 6.45) is 2.33. The predicted molar refractivity (Wildman–Crippen MR) is 97.2 cm³/mol. The van der Waals surface area contributed by atoms with Crippen LogP contribution in [-0.4, -0.2) is 27.8 Å². The number of hydrogen-bond donors (Lipinski definition) is 1. The van der Waals surface area contributed by atoms with Gasteiger partial charge in [0.05, 0.1) is 10.9 Å². The number of benzene rings is 1. The average Bonchev–Trinajstić information content (AvgIpc) is 2.64. The number of aldehydes is 1. The smallest absolute Gasteiger partial charge is 0.228 e. The predicted octanol–water partition coefficient (Wildman–Crippen LogP) is 3.67. The van der Waals surface area contributed by atoms with Crippen molar-refractivity contribution in [3.05, 3.63) is 65.3 Å². The van der Waals surface area contributed by atoms with Gasteiger partial charge in [0.1, 0.15) is 11.8 Å². The van der Waals surface area contributed by atoms with E-state index in [9.17, 15) is 4.79 Å². The van der Waals surface area contributed by atoms with Crippen LogP contribution in [0, 0.1) is 0 Å². The van der Waals surface area contributed by atoms with Crippen molar-refractivity contribution in [2.24, 2.45) is 0 Å². The highest BCUT2D eigenvalue weighted by Gasteiger charge is 2.14. The molecule has 3 rings (SSSR count). The number of nitrogens with zero attached hydrogens (tertiary/aromatic N) is 3. The van der Waals surface area contributed by atoms with Crippen molar-refractivity contribution < 1.29 is 9.53 Å². The summed E-state index contributed by atoms with van der Waals surface area (Å²) in [4.78, 5) is 24.0. The van der Waals surface area contributed by atoms with Crippen LogP contribution >= 0.6 is 11.6 Å². The van der Waals surface area contributed by atoms with Crippen LogP contribution in [0.2, 0.25) is 5.15 Å². The lowest BCUT2D eigenvalue weighted by Crippen LogP contribution is -2.07. The van der Waals surface area contributed by atoms with Crippen LogP contribution in [-0.2, 0) is 6.61 Å². The molecule has 7 heteroatoms. The van der Waals surface area contributed by atoms with Gasteiger partial charge in [0.2, 0.25) is 11.8 Å². The molecule has 0 atom stereocenters. The summed E-state index contributed by atoms with van der Waals surface area (Å²) in [6.45, 7) is 4.46. The molecular weight excluding hydrogens is 340 g/mol. The number of nitrogens with one attached hydrogen (secondary N) is 1. The van der Waals surface area contributed by atoms with Crippen molar-refractivity contribution in [1.29, 1.82) is 0 Å². The number of ether oxygens (including phenoxy) is 1. The van der Waals surface area contributed by atoms with Gasteiger partial charge in [-0.1, -0.05) is 48.0 Å². The molecule has 2 aromatic heterocycles. The van der Waals surface area contributed by atoms with Gasteiger partial charge in [-0.25, -0.2) is 4.98 Å². The van der Waals surface area contributed by atoms with Gasteiger partial charge in [0.25, 0.3) is 0 Å². The van der Waals surface area contributed by atoms with Crippen LogP contribution in [0.4, 0.5) is 5.95 Å². The van der Waals surface area contributed by atoms with E-state index in [-0.39, 0.29) is 10.7 Å². The second-order valence-corrected chi connectivity index (χ2v) is 5.51. The van der Waals surface area contributed by atoms with E-state index >= 15 is 0 Å². The van der Waals surface area contributed by atoms with Crippen LogP contribution in [0.15, 0.2) is 49.1 Å². The minimum atomic E-state index is 0.0879. The maximum absolute atomic E-state index is 11.1. The maximum atomic E-state index is 11.1. The standard InChI is InChI=1S/C18H15ClN4O2/c1-2-8-20-18-22-16-14(9-13(10-24)15(19)21-16)17(23-18)25-11-12-6-4-3-5-7-12/h2-7,9-10H,1,8,11H2,(H,20,21,22,23). The molecule has 0 bridgehead atoms.